The van der Waals surface area contributed by atoms with Crippen LogP contribution in [-0.4, -0.2) is 28.0 Å². The van der Waals surface area contributed by atoms with E-state index < -0.39 is 0 Å². The van der Waals surface area contributed by atoms with Crippen molar-refractivity contribution in [1.82, 2.24) is 15.1 Å². The van der Waals surface area contributed by atoms with E-state index in [1.54, 1.807) is 12.1 Å². The lowest BCUT2D eigenvalue weighted by atomic mass is 10.0. The molecular formula is C15H20ClN3O. The Morgan fingerprint density at radius 1 is 1.30 bits per heavy atom. The van der Waals surface area contributed by atoms with Crippen molar-refractivity contribution in [2.24, 2.45) is 0 Å². The van der Waals surface area contributed by atoms with Crippen molar-refractivity contribution in [3.63, 3.8) is 0 Å². The average molecular weight is 294 g/mol. The van der Waals surface area contributed by atoms with Gasteiger partial charge in [-0.1, -0.05) is 6.07 Å². The maximum atomic E-state index is 9.62. The molecule has 2 aromatic rings. The average Bonchev–Trinajstić information content (AvgIpc) is 2.92. The van der Waals surface area contributed by atoms with Crippen LogP contribution in [0.3, 0.4) is 0 Å². The molecule has 2 heterocycles. The highest BCUT2D eigenvalue weighted by molar-refractivity contribution is 5.85. The Bertz CT molecular complexity index is 576. The first-order valence-electron chi connectivity index (χ1n) is 6.79. The van der Waals surface area contributed by atoms with Crippen LogP contribution in [0.25, 0.3) is 11.1 Å². The number of hydrogen-bond acceptors (Lipinski definition) is 3. The molecule has 0 amide bonds. The van der Waals surface area contributed by atoms with Crippen molar-refractivity contribution in [3.8, 4) is 16.9 Å². The molecule has 3 rings (SSSR count). The topological polar surface area (TPSA) is 50.1 Å². The predicted octanol–water partition coefficient (Wildman–Crippen LogP) is 2.91. The van der Waals surface area contributed by atoms with Crippen LogP contribution >= 0.6 is 12.4 Å². The number of phenols is 1. The molecule has 1 aromatic carbocycles. The Morgan fingerprint density at radius 3 is 2.80 bits per heavy atom. The molecule has 0 radical (unpaired) electrons. The molecule has 1 fully saturated rings. The summed E-state index contributed by atoms with van der Waals surface area (Å²) in [7, 11) is 0. The minimum Gasteiger partial charge on any atom is -0.508 e. The maximum absolute atomic E-state index is 9.62. The number of aryl methyl sites for hydroxylation is 1. The van der Waals surface area contributed by atoms with Crippen LogP contribution in [-0.2, 0) is 0 Å². The van der Waals surface area contributed by atoms with Crippen molar-refractivity contribution in [1.29, 1.82) is 0 Å². The number of nitrogens with zero attached hydrogens (tertiary/aromatic N) is 2. The number of benzene rings is 1. The van der Waals surface area contributed by atoms with Crippen molar-refractivity contribution < 1.29 is 5.11 Å². The van der Waals surface area contributed by atoms with Gasteiger partial charge >= 0.3 is 0 Å². The Balaban J connectivity index is 0.00000147. The third-order valence-corrected chi connectivity index (χ3v) is 3.82. The molecule has 4 nitrogen and oxygen atoms in total. The quantitative estimate of drug-likeness (QED) is 0.895. The number of phenolic OH excluding ortho intramolecular Hbond substituents is 1. The first kappa shape index (κ1) is 14.9. The minimum atomic E-state index is 0. The van der Waals surface area contributed by atoms with Crippen LogP contribution in [0.4, 0.5) is 0 Å². The summed E-state index contributed by atoms with van der Waals surface area (Å²) in [6, 6.07) is 5.95. The molecule has 1 aliphatic heterocycles. The van der Waals surface area contributed by atoms with Gasteiger partial charge in [0.05, 0.1) is 12.2 Å². The van der Waals surface area contributed by atoms with Crippen molar-refractivity contribution >= 4 is 12.4 Å². The Kier molecular flexibility index (Phi) is 4.68. The zero-order valence-corrected chi connectivity index (χ0v) is 12.4. The summed E-state index contributed by atoms with van der Waals surface area (Å²) in [4.78, 5) is 0. The van der Waals surface area contributed by atoms with Gasteiger partial charge < -0.3 is 10.4 Å². The minimum absolute atomic E-state index is 0. The van der Waals surface area contributed by atoms with E-state index in [0.29, 0.717) is 11.8 Å². The third kappa shape index (κ3) is 2.97. The van der Waals surface area contributed by atoms with Crippen LogP contribution in [0, 0.1) is 6.92 Å². The van der Waals surface area contributed by atoms with Crippen LogP contribution in [0.1, 0.15) is 24.4 Å². The van der Waals surface area contributed by atoms with Gasteiger partial charge in [-0.3, -0.25) is 4.68 Å². The zero-order chi connectivity index (χ0) is 13.2. The van der Waals surface area contributed by atoms with Crippen LogP contribution in [0.2, 0.25) is 0 Å². The van der Waals surface area contributed by atoms with Gasteiger partial charge in [0.15, 0.2) is 0 Å². The highest BCUT2D eigenvalue weighted by atomic mass is 35.5. The van der Waals surface area contributed by atoms with Gasteiger partial charge in [-0.2, -0.15) is 5.10 Å². The van der Waals surface area contributed by atoms with Crippen molar-refractivity contribution in [2.45, 2.75) is 25.8 Å². The van der Waals surface area contributed by atoms with E-state index in [2.05, 4.69) is 28.2 Å². The second kappa shape index (κ2) is 6.29. The van der Waals surface area contributed by atoms with Crippen LogP contribution < -0.4 is 5.32 Å². The molecule has 0 unspecified atom stereocenters. The van der Waals surface area contributed by atoms with E-state index in [0.717, 1.165) is 42.6 Å². The predicted molar refractivity (Wildman–Crippen MR) is 82.5 cm³/mol. The Hall–Kier alpha value is -1.52. The smallest absolute Gasteiger partial charge is 0.116 e. The van der Waals surface area contributed by atoms with E-state index in [1.165, 1.54) is 0 Å². The van der Waals surface area contributed by atoms with Gasteiger partial charge in [0.1, 0.15) is 5.75 Å². The Morgan fingerprint density at radius 2 is 2.05 bits per heavy atom. The largest absolute Gasteiger partial charge is 0.508 e. The summed E-state index contributed by atoms with van der Waals surface area (Å²) in [6.07, 6.45) is 6.24. The van der Waals surface area contributed by atoms with Crippen LogP contribution in [0.15, 0.2) is 30.6 Å². The highest BCUT2D eigenvalue weighted by Gasteiger charge is 2.16. The first-order chi connectivity index (χ1) is 9.24. The lowest BCUT2D eigenvalue weighted by Crippen LogP contribution is -2.29. The molecule has 1 aliphatic rings. The van der Waals surface area contributed by atoms with Gasteiger partial charge in [0, 0.05) is 11.8 Å². The van der Waals surface area contributed by atoms with Crippen molar-refractivity contribution in [2.75, 3.05) is 13.1 Å². The number of aromatic hydroxyl groups is 1. The summed E-state index contributed by atoms with van der Waals surface area (Å²) in [5.74, 6) is 0.301. The van der Waals surface area contributed by atoms with Gasteiger partial charge in [-0.05, 0) is 56.1 Å². The lowest BCUT2D eigenvalue weighted by Gasteiger charge is -2.22. The molecule has 0 atom stereocenters. The number of piperidine rings is 1. The SMILES string of the molecule is Cc1ccc(O)cc1-c1cnn(C2CCNCC2)c1.Cl. The summed E-state index contributed by atoms with van der Waals surface area (Å²) < 4.78 is 2.07. The number of nitrogens with one attached hydrogen (secondary N) is 1. The van der Waals surface area contributed by atoms with E-state index in [1.807, 2.05) is 12.3 Å². The van der Waals surface area contributed by atoms with E-state index in [4.69, 9.17) is 0 Å². The molecule has 0 saturated carbocycles. The van der Waals surface area contributed by atoms with Crippen LogP contribution in [0.5, 0.6) is 5.75 Å². The second-order valence-electron chi connectivity index (χ2n) is 5.19. The molecule has 1 aromatic heterocycles. The normalized spacial score (nSPS) is 15.8. The fraction of sp³-hybridized carbons (Fsp3) is 0.400. The summed E-state index contributed by atoms with van der Waals surface area (Å²) in [5, 5.41) is 17.5. The number of hydrogen-bond donors (Lipinski definition) is 2. The molecule has 2 N–H and O–H groups in total. The standard InChI is InChI=1S/C15H19N3O.ClH/c1-11-2-3-14(19)8-15(11)12-9-17-18(10-12)13-4-6-16-7-5-13;/h2-3,8-10,13,16,19H,4-7H2,1H3;1H. The summed E-state index contributed by atoms with van der Waals surface area (Å²) >= 11 is 0. The summed E-state index contributed by atoms with van der Waals surface area (Å²) in [5.41, 5.74) is 3.29. The number of rotatable bonds is 2. The fourth-order valence-electron chi connectivity index (χ4n) is 2.67. The number of aromatic nitrogens is 2. The van der Waals surface area contributed by atoms with Gasteiger partial charge in [-0.15, -0.1) is 12.4 Å². The summed E-state index contributed by atoms with van der Waals surface area (Å²) in [6.45, 7) is 4.17. The molecule has 5 heteroatoms. The Labute approximate surface area is 125 Å². The van der Waals surface area contributed by atoms with E-state index >= 15 is 0 Å². The zero-order valence-electron chi connectivity index (χ0n) is 11.5. The highest BCUT2D eigenvalue weighted by Crippen LogP contribution is 2.28. The molecule has 0 aliphatic carbocycles. The number of halogens is 1. The van der Waals surface area contributed by atoms with E-state index in [-0.39, 0.29) is 12.4 Å². The van der Waals surface area contributed by atoms with Gasteiger partial charge in [0.25, 0.3) is 0 Å². The van der Waals surface area contributed by atoms with E-state index in [9.17, 15) is 5.11 Å². The third-order valence-electron chi connectivity index (χ3n) is 3.82. The first-order valence-corrected chi connectivity index (χ1v) is 6.79. The molecule has 20 heavy (non-hydrogen) atoms. The second-order valence-corrected chi connectivity index (χ2v) is 5.19. The fourth-order valence-corrected chi connectivity index (χ4v) is 2.67. The van der Waals surface area contributed by atoms with Gasteiger partial charge in [-0.25, -0.2) is 0 Å². The molecule has 108 valence electrons. The van der Waals surface area contributed by atoms with Gasteiger partial charge in [0.2, 0.25) is 0 Å². The van der Waals surface area contributed by atoms with Crippen molar-refractivity contribution in [3.05, 3.63) is 36.2 Å². The molecular weight excluding hydrogens is 274 g/mol. The molecule has 1 saturated heterocycles. The lowest BCUT2D eigenvalue weighted by molar-refractivity contribution is 0.343. The molecule has 0 spiro atoms. The monoisotopic (exact) mass is 293 g/mol. The molecule has 0 bridgehead atoms. The maximum Gasteiger partial charge on any atom is 0.116 e.